The van der Waals surface area contributed by atoms with E-state index in [9.17, 15) is 9.59 Å². The molecule has 0 spiro atoms. The second-order valence-electron chi connectivity index (χ2n) is 4.59. The van der Waals surface area contributed by atoms with E-state index in [0.717, 1.165) is 5.56 Å². The van der Waals surface area contributed by atoms with Gasteiger partial charge in [0.2, 0.25) is 0 Å². The lowest BCUT2D eigenvalue weighted by molar-refractivity contribution is -0.155. The molecular formula is C14H16O5. The third-order valence-electron chi connectivity index (χ3n) is 3.51. The van der Waals surface area contributed by atoms with Gasteiger partial charge in [-0.25, -0.2) is 0 Å². The van der Waals surface area contributed by atoms with E-state index in [1.54, 1.807) is 38.3 Å². The quantitative estimate of drug-likeness (QED) is 0.777. The SMILES string of the molecule is COC(=O)C1CC(=O)O[C@]1(C)c1ccc(OC)cc1. The molecule has 5 nitrogen and oxygen atoms in total. The monoisotopic (exact) mass is 264 g/mol. The van der Waals surface area contributed by atoms with Crippen molar-refractivity contribution in [3.63, 3.8) is 0 Å². The van der Waals surface area contributed by atoms with Crippen LogP contribution < -0.4 is 4.74 Å². The Morgan fingerprint density at radius 1 is 1.32 bits per heavy atom. The van der Waals surface area contributed by atoms with Gasteiger partial charge in [-0.2, -0.15) is 0 Å². The van der Waals surface area contributed by atoms with E-state index in [2.05, 4.69) is 0 Å². The number of cyclic esters (lactones) is 1. The van der Waals surface area contributed by atoms with Crippen LogP contribution in [0.4, 0.5) is 0 Å². The molecule has 0 amide bonds. The molecule has 1 aliphatic heterocycles. The van der Waals surface area contributed by atoms with E-state index in [0.29, 0.717) is 5.75 Å². The van der Waals surface area contributed by atoms with E-state index < -0.39 is 23.5 Å². The highest BCUT2D eigenvalue weighted by Gasteiger charge is 2.51. The van der Waals surface area contributed by atoms with Crippen molar-refractivity contribution in [3.8, 4) is 5.75 Å². The zero-order valence-electron chi connectivity index (χ0n) is 11.1. The summed E-state index contributed by atoms with van der Waals surface area (Å²) in [6.45, 7) is 1.72. The summed E-state index contributed by atoms with van der Waals surface area (Å²) >= 11 is 0. The molecule has 0 bridgehead atoms. The van der Waals surface area contributed by atoms with Crippen molar-refractivity contribution in [2.45, 2.75) is 18.9 Å². The molecule has 1 saturated heterocycles. The summed E-state index contributed by atoms with van der Waals surface area (Å²) in [4.78, 5) is 23.3. The molecule has 1 aromatic rings. The van der Waals surface area contributed by atoms with Crippen LogP contribution in [0, 0.1) is 5.92 Å². The van der Waals surface area contributed by atoms with Crippen molar-refractivity contribution in [1.82, 2.24) is 0 Å². The van der Waals surface area contributed by atoms with Crippen LogP contribution in [0.15, 0.2) is 24.3 Å². The van der Waals surface area contributed by atoms with Gasteiger partial charge in [0.05, 0.1) is 20.6 Å². The van der Waals surface area contributed by atoms with Gasteiger partial charge >= 0.3 is 11.9 Å². The number of hydrogen-bond acceptors (Lipinski definition) is 5. The van der Waals surface area contributed by atoms with Gasteiger partial charge in [-0.3, -0.25) is 9.59 Å². The first-order chi connectivity index (χ1) is 9.01. The molecule has 0 aliphatic carbocycles. The molecule has 1 aromatic carbocycles. The first-order valence-electron chi connectivity index (χ1n) is 5.95. The van der Waals surface area contributed by atoms with Crippen molar-refractivity contribution >= 4 is 11.9 Å². The van der Waals surface area contributed by atoms with E-state index in [-0.39, 0.29) is 6.42 Å². The van der Waals surface area contributed by atoms with Gasteiger partial charge in [0.15, 0.2) is 0 Å². The highest BCUT2D eigenvalue weighted by Crippen LogP contribution is 2.42. The van der Waals surface area contributed by atoms with Crippen LogP contribution in [-0.2, 0) is 24.7 Å². The summed E-state index contributed by atoms with van der Waals surface area (Å²) < 4.78 is 15.2. The topological polar surface area (TPSA) is 61.8 Å². The molecule has 19 heavy (non-hydrogen) atoms. The minimum absolute atomic E-state index is 0.0369. The van der Waals surface area contributed by atoms with Crippen molar-refractivity contribution in [3.05, 3.63) is 29.8 Å². The predicted molar refractivity (Wildman–Crippen MR) is 66.6 cm³/mol. The lowest BCUT2D eigenvalue weighted by Gasteiger charge is -2.28. The second-order valence-corrected chi connectivity index (χ2v) is 4.59. The number of ether oxygens (including phenoxy) is 3. The Balaban J connectivity index is 2.37. The molecule has 5 heteroatoms. The van der Waals surface area contributed by atoms with Crippen LogP contribution in [0.5, 0.6) is 5.75 Å². The zero-order valence-corrected chi connectivity index (χ0v) is 11.1. The van der Waals surface area contributed by atoms with Crippen LogP contribution in [0.2, 0.25) is 0 Å². The van der Waals surface area contributed by atoms with E-state index >= 15 is 0 Å². The number of esters is 2. The Morgan fingerprint density at radius 2 is 1.95 bits per heavy atom. The van der Waals surface area contributed by atoms with Crippen molar-refractivity contribution < 1.29 is 23.8 Å². The van der Waals surface area contributed by atoms with Crippen LogP contribution in [0.25, 0.3) is 0 Å². The average Bonchev–Trinajstić information content (AvgIpc) is 2.74. The Hall–Kier alpha value is -2.04. The number of hydrogen-bond donors (Lipinski definition) is 0. The number of carbonyl (C=O) groups is 2. The lowest BCUT2D eigenvalue weighted by Crippen LogP contribution is -2.34. The largest absolute Gasteiger partial charge is 0.497 e. The van der Waals surface area contributed by atoms with Gasteiger partial charge in [-0.05, 0) is 24.6 Å². The molecule has 1 aliphatic rings. The van der Waals surface area contributed by atoms with Crippen LogP contribution >= 0.6 is 0 Å². The predicted octanol–water partition coefficient (Wildman–Crippen LogP) is 1.65. The van der Waals surface area contributed by atoms with Gasteiger partial charge in [-0.1, -0.05) is 12.1 Å². The number of benzene rings is 1. The minimum Gasteiger partial charge on any atom is -0.497 e. The number of carbonyl (C=O) groups excluding carboxylic acids is 2. The Kier molecular flexibility index (Phi) is 3.46. The fourth-order valence-electron chi connectivity index (χ4n) is 2.34. The maximum absolute atomic E-state index is 11.8. The smallest absolute Gasteiger partial charge is 0.313 e. The summed E-state index contributed by atoms with van der Waals surface area (Å²) in [5, 5.41) is 0. The van der Waals surface area contributed by atoms with Crippen LogP contribution in [-0.4, -0.2) is 26.2 Å². The molecule has 1 fully saturated rings. The van der Waals surface area contributed by atoms with Gasteiger partial charge in [0.1, 0.15) is 17.3 Å². The third kappa shape index (κ3) is 2.28. The summed E-state index contributed by atoms with van der Waals surface area (Å²) in [7, 11) is 2.88. The molecule has 2 atom stereocenters. The zero-order chi connectivity index (χ0) is 14.0. The van der Waals surface area contributed by atoms with Gasteiger partial charge in [-0.15, -0.1) is 0 Å². The summed E-state index contributed by atoms with van der Waals surface area (Å²) in [6, 6.07) is 7.10. The first kappa shape index (κ1) is 13.4. The van der Waals surface area contributed by atoms with Crippen molar-refractivity contribution in [2.75, 3.05) is 14.2 Å². The molecule has 0 N–H and O–H groups in total. The Labute approximate surface area is 111 Å². The summed E-state index contributed by atoms with van der Waals surface area (Å²) in [5.41, 5.74) is -0.245. The molecular weight excluding hydrogens is 248 g/mol. The van der Waals surface area contributed by atoms with Gasteiger partial charge in [0.25, 0.3) is 0 Å². The molecule has 0 aromatic heterocycles. The summed E-state index contributed by atoms with van der Waals surface area (Å²) in [6.07, 6.45) is 0.0369. The van der Waals surface area contributed by atoms with Crippen molar-refractivity contribution in [2.24, 2.45) is 5.92 Å². The molecule has 1 unspecified atom stereocenters. The molecule has 0 radical (unpaired) electrons. The summed E-state index contributed by atoms with van der Waals surface area (Å²) in [5.74, 6) is -0.762. The van der Waals surface area contributed by atoms with Crippen molar-refractivity contribution in [1.29, 1.82) is 0 Å². The number of rotatable bonds is 3. The highest BCUT2D eigenvalue weighted by molar-refractivity contribution is 5.84. The second kappa shape index (κ2) is 4.91. The van der Waals surface area contributed by atoms with Crippen LogP contribution in [0.1, 0.15) is 18.9 Å². The van der Waals surface area contributed by atoms with Gasteiger partial charge in [0, 0.05) is 0 Å². The van der Waals surface area contributed by atoms with Crippen LogP contribution in [0.3, 0.4) is 0 Å². The Morgan fingerprint density at radius 3 is 2.47 bits per heavy atom. The fourth-order valence-corrected chi connectivity index (χ4v) is 2.34. The molecule has 2 rings (SSSR count). The fraction of sp³-hybridized carbons (Fsp3) is 0.429. The molecule has 102 valence electrons. The highest BCUT2D eigenvalue weighted by atomic mass is 16.6. The standard InChI is InChI=1S/C14H16O5/c1-14(9-4-6-10(17-2)7-5-9)11(13(16)18-3)8-12(15)19-14/h4-7,11H,8H2,1-3H3/t11?,14-/m1/s1. The van der Waals surface area contributed by atoms with E-state index in [1.165, 1.54) is 7.11 Å². The Bertz CT molecular complexity index is 493. The first-order valence-corrected chi connectivity index (χ1v) is 5.95. The third-order valence-corrected chi connectivity index (χ3v) is 3.51. The minimum atomic E-state index is -0.990. The lowest BCUT2D eigenvalue weighted by atomic mass is 9.83. The maximum atomic E-state index is 11.8. The van der Waals surface area contributed by atoms with E-state index in [1.807, 2.05) is 0 Å². The average molecular weight is 264 g/mol. The molecule has 1 heterocycles. The van der Waals surface area contributed by atoms with E-state index in [4.69, 9.17) is 14.2 Å². The normalized spacial score (nSPS) is 25.8. The maximum Gasteiger partial charge on any atom is 0.313 e. The number of methoxy groups -OCH3 is 2. The van der Waals surface area contributed by atoms with Gasteiger partial charge < -0.3 is 14.2 Å². The molecule has 0 saturated carbocycles.